The molecule has 0 atom stereocenters. The van der Waals surface area contributed by atoms with E-state index in [9.17, 15) is 4.39 Å². The van der Waals surface area contributed by atoms with Crippen molar-refractivity contribution in [2.24, 2.45) is 0 Å². The van der Waals surface area contributed by atoms with E-state index >= 15 is 0 Å². The van der Waals surface area contributed by atoms with E-state index in [1.54, 1.807) is 6.07 Å². The van der Waals surface area contributed by atoms with Gasteiger partial charge < -0.3 is 3.53 Å². The van der Waals surface area contributed by atoms with Crippen molar-refractivity contribution in [2.45, 2.75) is 6.92 Å². The third kappa shape index (κ3) is 1.59. The van der Waals surface area contributed by atoms with Gasteiger partial charge in [0, 0.05) is 5.69 Å². The first-order chi connectivity index (χ1) is 4.74. The third-order valence-electron chi connectivity index (χ3n) is 1.29. The Labute approximate surface area is 73.1 Å². The summed E-state index contributed by atoms with van der Waals surface area (Å²) < 4.78 is 15.4. The molecular weight excluding hydrogens is 244 g/mol. The molecule has 0 bridgehead atoms. The maximum atomic E-state index is 12.5. The summed E-state index contributed by atoms with van der Waals surface area (Å²) in [6, 6.07) is 4.66. The number of aryl methyl sites for hydroxylation is 1. The van der Waals surface area contributed by atoms with Crippen molar-refractivity contribution in [3.63, 3.8) is 0 Å². The van der Waals surface area contributed by atoms with Gasteiger partial charge in [-0.25, -0.2) is 4.39 Å². The summed E-state index contributed by atoms with van der Waals surface area (Å²) >= 11 is 2.02. The number of anilines is 1. The highest BCUT2D eigenvalue weighted by Crippen LogP contribution is 2.16. The normalized spacial score (nSPS) is 9.50. The monoisotopic (exact) mass is 251 g/mol. The van der Waals surface area contributed by atoms with Crippen LogP contribution in [-0.4, -0.2) is 0 Å². The number of rotatable bonds is 1. The molecule has 0 heterocycles. The van der Waals surface area contributed by atoms with Crippen LogP contribution < -0.4 is 3.53 Å². The van der Waals surface area contributed by atoms with Crippen LogP contribution in [0, 0.1) is 12.7 Å². The van der Waals surface area contributed by atoms with Crippen molar-refractivity contribution in [1.29, 1.82) is 0 Å². The quantitative estimate of drug-likeness (QED) is 0.597. The minimum Gasteiger partial charge on any atom is -0.328 e. The number of hydrogen-bond donors (Lipinski definition) is 1. The van der Waals surface area contributed by atoms with Crippen molar-refractivity contribution in [2.75, 3.05) is 3.53 Å². The lowest BCUT2D eigenvalue weighted by molar-refractivity contribution is 0.627. The van der Waals surface area contributed by atoms with E-state index in [4.69, 9.17) is 0 Å². The highest BCUT2D eigenvalue weighted by atomic mass is 127. The molecule has 0 aliphatic heterocycles. The van der Waals surface area contributed by atoms with Gasteiger partial charge in [0.2, 0.25) is 0 Å². The van der Waals surface area contributed by atoms with Gasteiger partial charge in [-0.1, -0.05) is 0 Å². The average molecular weight is 251 g/mol. The van der Waals surface area contributed by atoms with E-state index in [1.165, 1.54) is 12.1 Å². The minimum absolute atomic E-state index is 0.187. The van der Waals surface area contributed by atoms with Crippen molar-refractivity contribution in [3.8, 4) is 0 Å². The molecule has 0 fully saturated rings. The van der Waals surface area contributed by atoms with Crippen molar-refractivity contribution in [1.82, 2.24) is 0 Å². The Morgan fingerprint density at radius 3 is 2.70 bits per heavy atom. The predicted molar refractivity (Wildman–Crippen MR) is 48.8 cm³/mol. The number of halogens is 2. The molecule has 0 unspecified atom stereocenters. The van der Waals surface area contributed by atoms with Crippen molar-refractivity contribution >= 4 is 28.6 Å². The van der Waals surface area contributed by atoms with Crippen LogP contribution >= 0.6 is 22.9 Å². The summed E-state index contributed by atoms with van der Waals surface area (Å²) in [4.78, 5) is 0. The first-order valence-corrected chi connectivity index (χ1v) is 3.94. The molecule has 0 aliphatic rings. The topological polar surface area (TPSA) is 12.0 Å². The van der Waals surface area contributed by atoms with Gasteiger partial charge >= 0.3 is 0 Å². The van der Waals surface area contributed by atoms with Gasteiger partial charge in [0.15, 0.2) is 0 Å². The van der Waals surface area contributed by atoms with Crippen LogP contribution in [0.2, 0.25) is 0 Å². The van der Waals surface area contributed by atoms with E-state index in [0.29, 0.717) is 0 Å². The molecule has 0 aliphatic carbocycles. The van der Waals surface area contributed by atoms with E-state index in [-0.39, 0.29) is 5.82 Å². The van der Waals surface area contributed by atoms with E-state index < -0.39 is 0 Å². The zero-order valence-electron chi connectivity index (χ0n) is 5.49. The largest absolute Gasteiger partial charge is 0.328 e. The van der Waals surface area contributed by atoms with Crippen LogP contribution in [-0.2, 0) is 0 Å². The van der Waals surface area contributed by atoms with Crippen LogP contribution in [0.4, 0.5) is 10.1 Å². The lowest BCUT2D eigenvalue weighted by Gasteiger charge is -2.01. The summed E-state index contributed by atoms with van der Waals surface area (Å²) in [5, 5.41) is 0. The van der Waals surface area contributed by atoms with Gasteiger partial charge in [-0.15, -0.1) is 0 Å². The molecule has 1 nitrogen and oxygen atoms in total. The van der Waals surface area contributed by atoms with E-state index in [1.807, 2.05) is 29.8 Å². The Bertz CT molecular complexity index is 237. The molecule has 3 heteroatoms. The zero-order valence-corrected chi connectivity index (χ0v) is 7.65. The molecule has 0 radical (unpaired) electrons. The Morgan fingerprint density at radius 2 is 2.20 bits per heavy atom. The number of nitrogens with one attached hydrogen (secondary N) is 1. The third-order valence-corrected chi connectivity index (χ3v) is 1.87. The summed E-state index contributed by atoms with van der Waals surface area (Å²) in [6.45, 7) is 1.87. The molecule has 0 saturated heterocycles. The predicted octanol–water partition coefficient (Wildman–Crippen LogP) is 2.90. The first-order valence-electron chi connectivity index (χ1n) is 2.87. The fraction of sp³-hybridized carbons (Fsp3) is 0.143. The summed E-state index contributed by atoms with van der Waals surface area (Å²) in [6.07, 6.45) is 0. The summed E-state index contributed by atoms with van der Waals surface area (Å²) in [7, 11) is 0. The highest BCUT2D eigenvalue weighted by molar-refractivity contribution is 14.1. The van der Waals surface area contributed by atoms with Crippen LogP contribution in [0.25, 0.3) is 0 Å². The van der Waals surface area contributed by atoms with Crippen molar-refractivity contribution in [3.05, 3.63) is 29.6 Å². The summed E-state index contributed by atoms with van der Waals surface area (Å²) in [5.74, 6) is -0.187. The molecular formula is C7H7FIN. The van der Waals surface area contributed by atoms with Gasteiger partial charge in [0.25, 0.3) is 0 Å². The molecule has 0 aromatic heterocycles. The summed E-state index contributed by atoms with van der Waals surface area (Å²) in [5.41, 5.74) is 1.89. The molecule has 1 aromatic carbocycles. The average Bonchev–Trinajstić information content (AvgIpc) is 1.88. The second-order valence-electron chi connectivity index (χ2n) is 2.05. The molecule has 10 heavy (non-hydrogen) atoms. The maximum Gasteiger partial charge on any atom is 0.123 e. The Morgan fingerprint density at radius 1 is 1.50 bits per heavy atom. The standard InChI is InChI=1S/C7H7FIN/c1-5-4-6(8)2-3-7(5)10-9/h2-4,10H,1H3. The second-order valence-corrected chi connectivity index (χ2v) is 2.59. The molecule has 0 amide bonds. The second kappa shape index (κ2) is 3.18. The zero-order chi connectivity index (χ0) is 7.56. The van der Waals surface area contributed by atoms with Crippen LogP contribution in [0.15, 0.2) is 18.2 Å². The Kier molecular flexibility index (Phi) is 2.48. The van der Waals surface area contributed by atoms with Crippen LogP contribution in [0.1, 0.15) is 5.56 Å². The Hall–Kier alpha value is -0.320. The number of hydrogen-bond acceptors (Lipinski definition) is 1. The van der Waals surface area contributed by atoms with Gasteiger partial charge in [-0.05, 0) is 30.7 Å². The van der Waals surface area contributed by atoms with Crippen LogP contribution in [0.5, 0.6) is 0 Å². The van der Waals surface area contributed by atoms with Gasteiger partial charge in [0.1, 0.15) is 5.82 Å². The van der Waals surface area contributed by atoms with Gasteiger partial charge in [-0.2, -0.15) is 0 Å². The number of benzene rings is 1. The lowest BCUT2D eigenvalue weighted by Crippen LogP contribution is -1.85. The fourth-order valence-corrected chi connectivity index (χ4v) is 1.34. The van der Waals surface area contributed by atoms with Gasteiger partial charge in [0.05, 0.1) is 22.9 Å². The van der Waals surface area contributed by atoms with E-state index in [0.717, 1.165) is 11.3 Å². The van der Waals surface area contributed by atoms with Crippen LogP contribution in [0.3, 0.4) is 0 Å². The molecule has 1 aromatic rings. The molecule has 0 spiro atoms. The highest BCUT2D eigenvalue weighted by Gasteiger charge is 1.95. The van der Waals surface area contributed by atoms with E-state index in [2.05, 4.69) is 3.53 Å². The Balaban J connectivity index is 3.07. The first kappa shape index (κ1) is 7.78. The molecule has 1 rings (SSSR count). The molecule has 1 N–H and O–H groups in total. The molecule has 54 valence electrons. The minimum atomic E-state index is -0.187. The lowest BCUT2D eigenvalue weighted by atomic mass is 10.2. The fourth-order valence-electron chi connectivity index (χ4n) is 0.733. The maximum absolute atomic E-state index is 12.5. The SMILES string of the molecule is Cc1cc(F)ccc1NI. The molecule has 0 saturated carbocycles. The van der Waals surface area contributed by atoms with Crippen molar-refractivity contribution < 1.29 is 4.39 Å². The van der Waals surface area contributed by atoms with Gasteiger partial charge in [-0.3, -0.25) is 0 Å². The smallest absolute Gasteiger partial charge is 0.123 e.